The first-order chi connectivity index (χ1) is 7.72. The summed E-state index contributed by atoms with van der Waals surface area (Å²) in [5.41, 5.74) is 8.21. The van der Waals surface area contributed by atoms with E-state index in [0.29, 0.717) is 18.9 Å². The van der Waals surface area contributed by atoms with Crippen LogP contribution in [-0.4, -0.2) is 26.3 Å². The highest BCUT2D eigenvalue weighted by atomic mass is 127. The summed E-state index contributed by atoms with van der Waals surface area (Å²) < 4.78 is 6.23. The molecule has 0 aliphatic carbocycles. The van der Waals surface area contributed by atoms with Crippen LogP contribution in [0.2, 0.25) is 0 Å². The Bertz CT molecular complexity index is 436. The number of rotatable bonds is 1. The molecule has 0 spiro atoms. The van der Waals surface area contributed by atoms with Gasteiger partial charge in [0, 0.05) is 28.0 Å². The summed E-state index contributed by atoms with van der Waals surface area (Å²) in [4.78, 5) is 5.71. The molecule has 1 aromatic carbocycles. The monoisotopic (exact) mass is 329 g/mol. The second kappa shape index (κ2) is 4.89. The van der Waals surface area contributed by atoms with Crippen molar-refractivity contribution in [1.82, 2.24) is 0 Å². The molecule has 2 rings (SSSR count). The highest BCUT2D eigenvalue weighted by molar-refractivity contribution is 14.1. The topological polar surface area (TPSA) is 42.8 Å². The van der Waals surface area contributed by atoms with Gasteiger partial charge in [0.1, 0.15) is 0 Å². The summed E-state index contributed by atoms with van der Waals surface area (Å²) in [5.74, 6) is 0. The molecule has 0 radical (unpaired) electrons. The first-order valence-corrected chi connectivity index (χ1v) is 6.09. The molecule has 16 heavy (non-hydrogen) atoms. The van der Waals surface area contributed by atoms with Crippen LogP contribution in [0.1, 0.15) is 0 Å². The Labute approximate surface area is 108 Å². The quantitative estimate of drug-likeness (QED) is 0.488. The van der Waals surface area contributed by atoms with E-state index < -0.39 is 0 Å². The standard InChI is InChI=1S/C11H12IN3O/c1-14-10-6-8(12)9(13)7-11(10)15-2-4-16-5-3-15/h6-7H,2-5,13H2. The molecular formula is C11H12IN3O. The maximum Gasteiger partial charge on any atom is 0.210 e. The molecule has 4 nitrogen and oxygen atoms in total. The molecule has 2 N–H and O–H groups in total. The average Bonchev–Trinajstić information content (AvgIpc) is 2.33. The van der Waals surface area contributed by atoms with E-state index in [2.05, 4.69) is 32.3 Å². The van der Waals surface area contributed by atoms with Crippen molar-refractivity contribution >= 4 is 39.7 Å². The van der Waals surface area contributed by atoms with Crippen molar-refractivity contribution < 1.29 is 4.74 Å². The van der Waals surface area contributed by atoms with Crippen LogP contribution >= 0.6 is 22.6 Å². The van der Waals surface area contributed by atoms with E-state index in [1.54, 1.807) is 0 Å². The molecule has 0 amide bonds. The minimum absolute atomic E-state index is 0.667. The number of nitrogen functional groups attached to an aromatic ring is 1. The van der Waals surface area contributed by atoms with Gasteiger partial charge in [0.05, 0.1) is 19.8 Å². The normalized spacial score (nSPS) is 15.9. The molecule has 0 bridgehead atoms. The number of hydrogen-bond acceptors (Lipinski definition) is 3. The number of ether oxygens (including phenoxy) is 1. The third kappa shape index (κ3) is 2.23. The van der Waals surface area contributed by atoms with Crippen molar-refractivity contribution in [3.05, 3.63) is 27.1 Å². The second-order valence-electron chi connectivity index (χ2n) is 3.57. The zero-order valence-electron chi connectivity index (χ0n) is 8.74. The van der Waals surface area contributed by atoms with Crippen LogP contribution in [0.3, 0.4) is 0 Å². The molecule has 84 valence electrons. The highest BCUT2D eigenvalue weighted by Gasteiger charge is 2.16. The van der Waals surface area contributed by atoms with Crippen LogP contribution in [-0.2, 0) is 4.74 Å². The van der Waals surface area contributed by atoms with Crippen molar-refractivity contribution in [2.45, 2.75) is 0 Å². The number of hydrogen-bond donors (Lipinski definition) is 1. The fraction of sp³-hybridized carbons (Fsp3) is 0.364. The van der Waals surface area contributed by atoms with Gasteiger partial charge in [-0.1, -0.05) is 0 Å². The number of morpholine rings is 1. The van der Waals surface area contributed by atoms with Gasteiger partial charge in [-0.2, -0.15) is 0 Å². The molecule has 0 atom stereocenters. The lowest BCUT2D eigenvalue weighted by atomic mass is 10.2. The van der Waals surface area contributed by atoms with E-state index in [4.69, 9.17) is 17.0 Å². The summed E-state index contributed by atoms with van der Waals surface area (Å²) in [6.07, 6.45) is 0. The van der Waals surface area contributed by atoms with Crippen LogP contribution in [0.15, 0.2) is 12.1 Å². The molecule has 1 aliphatic heterocycles. The highest BCUT2D eigenvalue weighted by Crippen LogP contribution is 2.34. The number of benzene rings is 1. The lowest BCUT2D eigenvalue weighted by Crippen LogP contribution is -2.36. The lowest BCUT2D eigenvalue weighted by molar-refractivity contribution is 0.123. The largest absolute Gasteiger partial charge is 0.398 e. The second-order valence-corrected chi connectivity index (χ2v) is 4.74. The molecule has 1 saturated heterocycles. The Morgan fingerprint density at radius 2 is 2.06 bits per heavy atom. The van der Waals surface area contributed by atoms with Gasteiger partial charge in [0.2, 0.25) is 5.69 Å². The predicted octanol–water partition coefficient (Wildman–Crippen LogP) is 2.26. The summed E-state index contributed by atoms with van der Waals surface area (Å²) in [6, 6.07) is 3.73. The van der Waals surface area contributed by atoms with E-state index in [9.17, 15) is 0 Å². The lowest BCUT2D eigenvalue weighted by Gasteiger charge is -2.30. The zero-order chi connectivity index (χ0) is 11.5. The van der Waals surface area contributed by atoms with Gasteiger partial charge >= 0.3 is 0 Å². The average molecular weight is 329 g/mol. The van der Waals surface area contributed by atoms with E-state index >= 15 is 0 Å². The van der Waals surface area contributed by atoms with Gasteiger partial charge in [0.25, 0.3) is 0 Å². The molecular weight excluding hydrogens is 317 g/mol. The molecule has 1 aliphatic rings. The zero-order valence-corrected chi connectivity index (χ0v) is 10.9. The number of halogens is 1. The Morgan fingerprint density at radius 3 is 2.69 bits per heavy atom. The predicted molar refractivity (Wildman–Crippen MR) is 72.9 cm³/mol. The summed E-state index contributed by atoms with van der Waals surface area (Å²) in [5, 5.41) is 0. The Kier molecular flexibility index (Phi) is 3.51. The van der Waals surface area contributed by atoms with Crippen LogP contribution in [0.4, 0.5) is 17.1 Å². The van der Waals surface area contributed by atoms with Crippen LogP contribution < -0.4 is 10.6 Å². The van der Waals surface area contributed by atoms with Crippen molar-refractivity contribution in [3.8, 4) is 0 Å². The molecule has 0 aromatic heterocycles. The molecule has 1 heterocycles. The first kappa shape index (κ1) is 11.5. The van der Waals surface area contributed by atoms with Gasteiger partial charge in [-0.3, -0.25) is 0 Å². The van der Waals surface area contributed by atoms with Gasteiger partial charge in [-0.05, 0) is 34.7 Å². The van der Waals surface area contributed by atoms with E-state index in [0.717, 1.165) is 28.0 Å². The summed E-state index contributed by atoms with van der Waals surface area (Å²) in [7, 11) is 0. The Balaban J connectivity index is 2.38. The smallest absolute Gasteiger partial charge is 0.210 e. The fourth-order valence-corrected chi connectivity index (χ4v) is 2.17. The van der Waals surface area contributed by atoms with E-state index in [1.165, 1.54) is 0 Å². The first-order valence-electron chi connectivity index (χ1n) is 5.01. The van der Waals surface area contributed by atoms with Crippen molar-refractivity contribution in [1.29, 1.82) is 0 Å². The fourth-order valence-electron chi connectivity index (χ4n) is 1.71. The van der Waals surface area contributed by atoms with Crippen LogP contribution in [0, 0.1) is 10.1 Å². The van der Waals surface area contributed by atoms with Crippen molar-refractivity contribution in [2.75, 3.05) is 36.9 Å². The number of nitrogens with zero attached hydrogens (tertiary/aromatic N) is 2. The van der Waals surface area contributed by atoms with Crippen LogP contribution in [0.25, 0.3) is 4.85 Å². The third-order valence-electron chi connectivity index (χ3n) is 2.57. The summed E-state index contributed by atoms with van der Waals surface area (Å²) in [6.45, 7) is 10.3. The van der Waals surface area contributed by atoms with Crippen molar-refractivity contribution in [3.63, 3.8) is 0 Å². The van der Waals surface area contributed by atoms with Crippen LogP contribution in [0.5, 0.6) is 0 Å². The number of nitrogens with two attached hydrogens (primary N) is 1. The van der Waals surface area contributed by atoms with Gasteiger partial charge in [-0.25, -0.2) is 4.85 Å². The maximum atomic E-state index is 7.19. The number of anilines is 2. The van der Waals surface area contributed by atoms with E-state index in [-0.39, 0.29) is 0 Å². The molecule has 0 saturated carbocycles. The van der Waals surface area contributed by atoms with Crippen molar-refractivity contribution in [2.24, 2.45) is 0 Å². The minimum atomic E-state index is 0.667. The molecule has 5 heteroatoms. The van der Waals surface area contributed by atoms with Gasteiger partial charge in [-0.15, -0.1) is 0 Å². The third-order valence-corrected chi connectivity index (χ3v) is 3.50. The van der Waals surface area contributed by atoms with Gasteiger partial charge < -0.3 is 15.4 Å². The molecule has 0 unspecified atom stereocenters. The van der Waals surface area contributed by atoms with E-state index in [1.807, 2.05) is 12.1 Å². The Morgan fingerprint density at radius 1 is 1.38 bits per heavy atom. The molecule has 1 aromatic rings. The summed E-state index contributed by atoms with van der Waals surface area (Å²) >= 11 is 2.15. The Hall–Kier alpha value is -1.00. The minimum Gasteiger partial charge on any atom is -0.398 e. The molecule has 1 fully saturated rings. The SMILES string of the molecule is [C-]#[N+]c1cc(I)c(N)cc1N1CCOCC1. The maximum absolute atomic E-state index is 7.19. The van der Waals surface area contributed by atoms with Gasteiger partial charge in [0.15, 0.2) is 0 Å².